The van der Waals surface area contributed by atoms with Crippen molar-refractivity contribution in [1.82, 2.24) is 9.80 Å². The van der Waals surface area contributed by atoms with Gasteiger partial charge in [0.15, 0.2) is 0 Å². The highest BCUT2D eigenvalue weighted by Gasteiger charge is 2.45. The van der Waals surface area contributed by atoms with Gasteiger partial charge in [0.2, 0.25) is 11.8 Å². The number of likely N-dealkylation sites (tertiary alicyclic amines) is 1. The first-order valence-corrected chi connectivity index (χ1v) is 9.35. The van der Waals surface area contributed by atoms with Gasteiger partial charge in [-0.05, 0) is 58.3 Å². The van der Waals surface area contributed by atoms with Gasteiger partial charge in [-0.3, -0.25) is 19.4 Å². The topological polar surface area (TPSA) is 78.7 Å². The first-order chi connectivity index (χ1) is 12.2. The molecular formula is C20H32N4O2. The van der Waals surface area contributed by atoms with Gasteiger partial charge in [-0.25, -0.2) is 0 Å². The number of nitrogens with zero attached hydrogens (tertiary/aromatic N) is 2. The molecule has 26 heavy (non-hydrogen) atoms. The quantitative estimate of drug-likeness (QED) is 0.812. The van der Waals surface area contributed by atoms with Gasteiger partial charge in [0, 0.05) is 18.8 Å². The lowest BCUT2D eigenvalue weighted by Crippen LogP contribution is -2.62. The molecular weight excluding hydrogens is 328 g/mol. The number of rotatable bonds is 6. The minimum absolute atomic E-state index is 0.0330. The second-order valence-corrected chi connectivity index (χ2v) is 7.38. The van der Waals surface area contributed by atoms with Gasteiger partial charge in [0.05, 0.1) is 6.04 Å². The molecule has 1 aromatic rings. The maximum Gasteiger partial charge on any atom is 0.245 e. The van der Waals surface area contributed by atoms with Gasteiger partial charge in [-0.2, -0.15) is 0 Å². The molecule has 0 aliphatic carbocycles. The third-order valence-corrected chi connectivity index (χ3v) is 5.93. The van der Waals surface area contributed by atoms with E-state index < -0.39 is 5.54 Å². The third kappa shape index (κ3) is 3.91. The number of likely N-dealkylation sites (N-methyl/N-ethyl adjacent to an activating group) is 1. The molecule has 0 bridgehead atoms. The molecule has 3 N–H and O–H groups in total. The van der Waals surface area contributed by atoms with Crippen LogP contribution in [0.25, 0.3) is 0 Å². The van der Waals surface area contributed by atoms with Crippen LogP contribution in [0.3, 0.4) is 0 Å². The number of anilines is 1. The second-order valence-electron chi connectivity index (χ2n) is 7.38. The summed E-state index contributed by atoms with van der Waals surface area (Å²) in [6, 6.07) is 5.71. The average Bonchev–Trinajstić information content (AvgIpc) is 2.63. The lowest BCUT2D eigenvalue weighted by Gasteiger charge is -2.46. The van der Waals surface area contributed by atoms with Crippen LogP contribution in [0.5, 0.6) is 0 Å². The largest absolute Gasteiger partial charge is 0.368 e. The predicted octanol–water partition coefficient (Wildman–Crippen LogP) is 1.90. The molecule has 0 radical (unpaired) electrons. The van der Waals surface area contributed by atoms with Crippen molar-refractivity contribution in [1.29, 1.82) is 0 Å². The van der Waals surface area contributed by atoms with E-state index in [1.807, 2.05) is 46.0 Å². The minimum atomic E-state index is -0.572. The fourth-order valence-electron chi connectivity index (χ4n) is 3.79. The molecule has 144 valence electrons. The van der Waals surface area contributed by atoms with Crippen molar-refractivity contribution in [3.63, 3.8) is 0 Å². The Morgan fingerprint density at radius 1 is 1.27 bits per heavy atom. The van der Waals surface area contributed by atoms with Crippen LogP contribution in [0.2, 0.25) is 0 Å². The number of nitrogens with one attached hydrogen (secondary N) is 1. The van der Waals surface area contributed by atoms with Gasteiger partial charge in [-0.15, -0.1) is 0 Å². The van der Waals surface area contributed by atoms with E-state index in [0.29, 0.717) is 25.9 Å². The monoisotopic (exact) mass is 360 g/mol. The predicted molar refractivity (Wildman–Crippen MR) is 105 cm³/mol. The van der Waals surface area contributed by atoms with E-state index >= 15 is 0 Å². The Hall–Kier alpha value is -1.92. The standard InChI is InChI=1S/C20H32N4O2/c1-6-23(5)20(10-12-24(13-11-20)16(4)18(21)25)19(26)22-17-14(2)8-7-9-15(17)3/h7-9,16H,6,10-13H2,1-5H3,(H2,21,25)(H,22,26). The van der Waals surface area contributed by atoms with Crippen molar-refractivity contribution in [3.8, 4) is 0 Å². The Balaban J connectivity index is 2.23. The molecule has 1 atom stereocenters. The van der Waals surface area contributed by atoms with Crippen LogP contribution >= 0.6 is 0 Å². The smallest absolute Gasteiger partial charge is 0.245 e. The van der Waals surface area contributed by atoms with Crippen LogP contribution < -0.4 is 11.1 Å². The Morgan fingerprint density at radius 2 is 1.81 bits per heavy atom. The van der Waals surface area contributed by atoms with Crippen molar-refractivity contribution < 1.29 is 9.59 Å². The highest BCUT2D eigenvalue weighted by molar-refractivity contribution is 5.99. The molecule has 2 rings (SSSR count). The third-order valence-electron chi connectivity index (χ3n) is 5.93. The lowest BCUT2D eigenvalue weighted by atomic mass is 9.84. The van der Waals surface area contributed by atoms with Crippen LogP contribution in [-0.4, -0.2) is 59.9 Å². The molecule has 1 heterocycles. The van der Waals surface area contributed by atoms with Gasteiger partial charge >= 0.3 is 0 Å². The lowest BCUT2D eigenvalue weighted by molar-refractivity contribution is -0.132. The normalized spacial score (nSPS) is 18.5. The summed E-state index contributed by atoms with van der Waals surface area (Å²) in [7, 11) is 2.00. The average molecular weight is 361 g/mol. The van der Waals surface area contributed by atoms with Crippen LogP contribution in [0, 0.1) is 13.8 Å². The summed E-state index contributed by atoms with van der Waals surface area (Å²) < 4.78 is 0. The van der Waals surface area contributed by atoms with E-state index in [-0.39, 0.29) is 17.9 Å². The fraction of sp³-hybridized carbons (Fsp3) is 0.600. The van der Waals surface area contributed by atoms with E-state index in [0.717, 1.165) is 23.4 Å². The van der Waals surface area contributed by atoms with E-state index in [9.17, 15) is 9.59 Å². The number of piperidine rings is 1. The number of benzene rings is 1. The maximum absolute atomic E-state index is 13.3. The fourth-order valence-corrected chi connectivity index (χ4v) is 3.79. The summed E-state index contributed by atoms with van der Waals surface area (Å²) in [5.74, 6) is -0.285. The number of carbonyl (C=O) groups excluding carboxylic acids is 2. The number of amides is 2. The van der Waals surface area contributed by atoms with Crippen molar-refractivity contribution >= 4 is 17.5 Å². The van der Waals surface area contributed by atoms with Gasteiger partial charge in [-0.1, -0.05) is 25.1 Å². The Kier molecular flexibility index (Phi) is 6.42. The summed E-state index contributed by atoms with van der Waals surface area (Å²) in [4.78, 5) is 29.0. The van der Waals surface area contributed by atoms with Crippen LogP contribution in [0.4, 0.5) is 5.69 Å². The molecule has 1 saturated heterocycles. The van der Waals surface area contributed by atoms with Crippen molar-refractivity contribution in [2.75, 3.05) is 32.0 Å². The molecule has 0 aromatic heterocycles. The Morgan fingerprint density at radius 3 is 2.27 bits per heavy atom. The number of hydrogen-bond donors (Lipinski definition) is 2. The number of primary amides is 1. The second kappa shape index (κ2) is 8.18. The van der Waals surface area contributed by atoms with Gasteiger partial charge < -0.3 is 11.1 Å². The maximum atomic E-state index is 13.3. The van der Waals surface area contributed by atoms with Crippen molar-refractivity contribution in [3.05, 3.63) is 29.3 Å². The zero-order valence-electron chi connectivity index (χ0n) is 16.6. The zero-order valence-corrected chi connectivity index (χ0v) is 16.6. The Labute approximate surface area is 156 Å². The summed E-state index contributed by atoms with van der Waals surface area (Å²) in [5.41, 5.74) is 7.90. The molecule has 0 saturated carbocycles. The number of nitrogens with two attached hydrogens (primary N) is 1. The van der Waals surface area contributed by atoms with Crippen molar-refractivity contribution in [2.45, 2.75) is 52.1 Å². The van der Waals surface area contributed by atoms with Crippen LogP contribution in [0.15, 0.2) is 18.2 Å². The molecule has 1 aliphatic heterocycles. The molecule has 2 amide bonds. The molecule has 1 aliphatic rings. The first kappa shape index (κ1) is 20.4. The highest BCUT2D eigenvalue weighted by atomic mass is 16.2. The Bertz CT molecular complexity index is 646. The molecule has 0 spiro atoms. The molecule has 6 heteroatoms. The van der Waals surface area contributed by atoms with Gasteiger partial charge in [0.1, 0.15) is 5.54 Å². The molecule has 1 unspecified atom stereocenters. The van der Waals surface area contributed by atoms with E-state index in [1.165, 1.54) is 0 Å². The molecule has 1 fully saturated rings. The van der Waals surface area contributed by atoms with Crippen molar-refractivity contribution in [2.24, 2.45) is 5.73 Å². The number of para-hydroxylation sites is 1. The SMILES string of the molecule is CCN(C)C1(C(=O)Nc2c(C)cccc2C)CCN(C(C)C(N)=O)CC1. The zero-order chi connectivity index (χ0) is 19.5. The summed E-state index contributed by atoms with van der Waals surface area (Å²) in [6.07, 6.45) is 1.34. The summed E-state index contributed by atoms with van der Waals surface area (Å²) in [5, 5.41) is 3.18. The number of carbonyl (C=O) groups is 2. The molecule has 6 nitrogen and oxygen atoms in total. The number of aryl methyl sites for hydroxylation is 2. The molecule has 1 aromatic carbocycles. The van der Waals surface area contributed by atoms with E-state index in [1.54, 1.807) is 0 Å². The minimum Gasteiger partial charge on any atom is -0.368 e. The summed E-state index contributed by atoms with van der Waals surface area (Å²) >= 11 is 0. The number of hydrogen-bond acceptors (Lipinski definition) is 4. The highest BCUT2D eigenvalue weighted by Crippen LogP contribution is 2.31. The summed E-state index contributed by atoms with van der Waals surface area (Å²) in [6.45, 7) is 10.0. The van der Waals surface area contributed by atoms with Crippen LogP contribution in [0.1, 0.15) is 37.8 Å². The van der Waals surface area contributed by atoms with Crippen LogP contribution in [-0.2, 0) is 9.59 Å². The first-order valence-electron chi connectivity index (χ1n) is 9.35. The van der Waals surface area contributed by atoms with E-state index in [2.05, 4.69) is 22.0 Å². The van der Waals surface area contributed by atoms with E-state index in [4.69, 9.17) is 5.73 Å². The van der Waals surface area contributed by atoms with Gasteiger partial charge in [0.25, 0.3) is 0 Å².